The number of ether oxygens (including phenoxy) is 2. The summed E-state index contributed by atoms with van der Waals surface area (Å²) in [5.41, 5.74) is 2.42. The van der Waals surface area contributed by atoms with Crippen molar-refractivity contribution in [2.45, 2.75) is 26.5 Å². The van der Waals surface area contributed by atoms with Gasteiger partial charge in [0.05, 0.1) is 23.9 Å². The molecule has 2 aromatic rings. The molecule has 2 aliphatic heterocycles. The molecule has 0 aliphatic carbocycles. The van der Waals surface area contributed by atoms with Crippen molar-refractivity contribution in [1.82, 2.24) is 4.90 Å². The predicted octanol–water partition coefficient (Wildman–Crippen LogP) is 6.99. The number of aliphatic imine (C=N–C) groups is 1. The topological polar surface area (TPSA) is 51.1 Å². The van der Waals surface area contributed by atoms with Crippen LogP contribution in [0, 0.1) is 0 Å². The van der Waals surface area contributed by atoms with Crippen molar-refractivity contribution < 1.29 is 14.3 Å². The van der Waals surface area contributed by atoms with Crippen molar-refractivity contribution in [3.8, 4) is 5.75 Å². The van der Waals surface area contributed by atoms with E-state index in [-0.39, 0.29) is 13.2 Å². The summed E-state index contributed by atoms with van der Waals surface area (Å²) in [6.45, 7) is 3.99. The molecule has 0 fully saturated rings. The molecule has 0 bridgehead atoms. The second kappa shape index (κ2) is 9.79. The molecule has 166 valence electrons. The number of halogens is 3. The number of hydrogen-bond donors (Lipinski definition) is 0. The summed E-state index contributed by atoms with van der Waals surface area (Å²) in [5.74, 6) is 0.125. The van der Waals surface area contributed by atoms with E-state index in [2.05, 4.69) is 4.99 Å². The fourth-order valence-electron chi connectivity index (χ4n) is 3.56. The van der Waals surface area contributed by atoms with Gasteiger partial charge in [0.15, 0.2) is 5.17 Å². The first-order valence-corrected chi connectivity index (χ1v) is 11.9. The highest BCUT2D eigenvalue weighted by Crippen LogP contribution is 2.44. The first kappa shape index (κ1) is 23.1. The summed E-state index contributed by atoms with van der Waals surface area (Å²) in [4.78, 5) is 19.4. The van der Waals surface area contributed by atoms with Gasteiger partial charge in [-0.1, -0.05) is 52.6 Å². The van der Waals surface area contributed by atoms with E-state index >= 15 is 0 Å². The minimum atomic E-state index is -0.511. The van der Waals surface area contributed by atoms with Crippen molar-refractivity contribution in [2.75, 3.05) is 6.61 Å². The Balaban J connectivity index is 1.77. The van der Waals surface area contributed by atoms with Crippen LogP contribution in [0.2, 0.25) is 15.1 Å². The number of benzene rings is 2. The fourth-order valence-corrected chi connectivity index (χ4v) is 5.04. The summed E-state index contributed by atoms with van der Waals surface area (Å²) in [7, 11) is 0. The monoisotopic (exact) mass is 508 g/mol. The maximum Gasteiger partial charge on any atom is 0.338 e. The lowest BCUT2D eigenvalue weighted by atomic mass is 9.94. The van der Waals surface area contributed by atoms with E-state index in [4.69, 9.17) is 44.3 Å². The first-order valence-electron chi connectivity index (χ1n) is 9.84. The molecule has 4 rings (SSSR count). The second-order valence-electron chi connectivity index (χ2n) is 7.00. The Labute approximate surface area is 205 Å². The van der Waals surface area contributed by atoms with Crippen molar-refractivity contribution in [3.05, 3.63) is 85.5 Å². The summed E-state index contributed by atoms with van der Waals surface area (Å²) in [6.07, 6.45) is 1.88. The van der Waals surface area contributed by atoms with Gasteiger partial charge in [0.2, 0.25) is 0 Å². The van der Waals surface area contributed by atoms with Crippen LogP contribution in [0.4, 0.5) is 0 Å². The molecule has 2 heterocycles. The van der Waals surface area contributed by atoms with Gasteiger partial charge in [0.1, 0.15) is 12.4 Å². The number of hydrogen-bond acceptors (Lipinski definition) is 6. The highest BCUT2D eigenvalue weighted by molar-refractivity contribution is 8.16. The van der Waals surface area contributed by atoms with Crippen LogP contribution < -0.4 is 4.74 Å². The number of allylic oxidation sites excluding steroid dienone is 1. The lowest BCUT2D eigenvalue weighted by molar-refractivity contribution is -0.139. The summed E-state index contributed by atoms with van der Waals surface area (Å²) in [6, 6.07) is 10.1. The van der Waals surface area contributed by atoms with Crippen molar-refractivity contribution in [3.63, 3.8) is 0 Å². The molecule has 32 heavy (non-hydrogen) atoms. The number of amidine groups is 1. The van der Waals surface area contributed by atoms with Gasteiger partial charge in [-0.15, -0.1) is 0 Å². The molecule has 0 radical (unpaired) electrons. The SMILES string of the molecule is CCOC(=O)C1=C(C)N=C2SC=CN2[C@@H]1c1cc(Cl)ccc1OCc1c(Cl)cccc1Cl. The lowest BCUT2D eigenvalue weighted by Crippen LogP contribution is -2.34. The van der Waals surface area contributed by atoms with Crippen LogP contribution in [0.1, 0.15) is 31.0 Å². The Morgan fingerprint density at radius 3 is 2.66 bits per heavy atom. The maximum atomic E-state index is 12.9. The van der Waals surface area contributed by atoms with E-state index in [1.807, 2.05) is 16.5 Å². The lowest BCUT2D eigenvalue weighted by Gasteiger charge is -2.34. The highest BCUT2D eigenvalue weighted by Gasteiger charge is 2.39. The van der Waals surface area contributed by atoms with E-state index in [0.717, 1.165) is 5.17 Å². The normalized spacial score (nSPS) is 17.3. The quantitative estimate of drug-likeness (QED) is 0.393. The van der Waals surface area contributed by atoms with Crippen LogP contribution in [-0.4, -0.2) is 22.6 Å². The van der Waals surface area contributed by atoms with Gasteiger partial charge in [-0.05, 0) is 49.6 Å². The van der Waals surface area contributed by atoms with E-state index in [1.165, 1.54) is 11.8 Å². The molecule has 2 aromatic carbocycles. The summed E-state index contributed by atoms with van der Waals surface area (Å²) >= 11 is 20.5. The molecule has 9 heteroatoms. The first-order chi connectivity index (χ1) is 15.4. The zero-order valence-electron chi connectivity index (χ0n) is 17.3. The fraction of sp³-hybridized carbons (Fsp3) is 0.217. The number of carbonyl (C=O) groups is 1. The Morgan fingerprint density at radius 2 is 1.94 bits per heavy atom. The molecular formula is C23H19Cl3N2O3S. The number of rotatable bonds is 6. The van der Waals surface area contributed by atoms with E-state index in [9.17, 15) is 4.79 Å². The van der Waals surface area contributed by atoms with Gasteiger partial charge < -0.3 is 14.4 Å². The molecule has 0 unspecified atom stereocenters. The molecule has 0 aromatic heterocycles. The average molecular weight is 510 g/mol. The molecule has 0 saturated heterocycles. The van der Waals surface area contributed by atoms with Crippen molar-refractivity contribution in [2.24, 2.45) is 4.99 Å². The van der Waals surface area contributed by atoms with Crippen LogP contribution >= 0.6 is 46.6 Å². The van der Waals surface area contributed by atoms with E-state index in [1.54, 1.807) is 50.2 Å². The molecule has 2 aliphatic rings. The number of nitrogens with zero attached hydrogens (tertiary/aromatic N) is 2. The van der Waals surface area contributed by atoms with Gasteiger partial charge in [-0.2, -0.15) is 0 Å². The predicted molar refractivity (Wildman–Crippen MR) is 130 cm³/mol. The van der Waals surface area contributed by atoms with Gasteiger partial charge >= 0.3 is 5.97 Å². The van der Waals surface area contributed by atoms with Gasteiger partial charge in [-0.3, -0.25) is 0 Å². The Kier molecular flexibility index (Phi) is 7.05. The third-order valence-electron chi connectivity index (χ3n) is 5.02. The van der Waals surface area contributed by atoms with Crippen LogP contribution in [0.5, 0.6) is 5.75 Å². The average Bonchev–Trinajstić information content (AvgIpc) is 3.21. The third kappa shape index (κ3) is 4.50. The molecule has 0 saturated carbocycles. The molecule has 5 nitrogen and oxygen atoms in total. The Hall–Kier alpha value is -2.12. The van der Waals surface area contributed by atoms with Crippen molar-refractivity contribution >= 4 is 57.7 Å². The zero-order valence-corrected chi connectivity index (χ0v) is 20.4. The largest absolute Gasteiger partial charge is 0.488 e. The summed E-state index contributed by atoms with van der Waals surface area (Å²) in [5, 5.41) is 4.23. The van der Waals surface area contributed by atoms with Crippen LogP contribution in [-0.2, 0) is 16.1 Å². The van der Waals surface area contributed by atoms with E-state index < -0.39 is 12.0 Å². The second-order valence-corrected chi connectivity index (χ2v) is 9.12. The van der Waals surface area contributed by atoms with Crippen LogP contribution in [0.15, 0.2) is 64.3 Å². The maximum absolute atomic E-state index is 12.9. The molecule has 0 spiro atoms. The number of carbonyl (C=O) groups excluding carboxylic acids is 1. The van der Waals surface area contributed by atoms with Gasteiger partial charge in [0.25, 0.3) is 0 Å². The Bertz CT molecular complexity index is 1140. The van der Waals surface area contributed by atoms with E-state index in [0.29, 0.717) is 43.2 Å². The minimum Gasteiger partial charge on any atom is -0.488 e. The molecule has 1 atom stereocenters. The van der Waals surface area contributed by atoms with Crippen molar-refractivity contribution in [1.29, 1.82) is 0 Å². The minimum absolute atomic E-state index is 0.156. The number of fused-ring (bicyclic) bond motifs is 1. The van der Waals surface area contributed by atoms with Crippen LogP contribution in [0.3, 0.4) is 0 Å². The van der Waals surface area contributed by atoms with Crippen LogP contribution in [0.25, 0.3) is 0 Å². The molecule has 0 N–H and O–H groups in total. The van der Waals surface area contributed by atoms with Gasteiger partial charge in [-0.25, -0.2) is 9.79 Å². The third-order valence-corrected chi connectivity index (χ3v) is 6.73. The Morgan fingerprint density at radius 1 is 1.19 bits per heavy atom. The molecular weight excluding hydrogens is 491 g/mol. The number of esters is 1. The summed E-state index contributed by atoms with van der Waals surface area (Å²) < 4.78 is 11.5. The smallest absolute Gasteiger partial charge is 0.338 e. The standard InChI is InChI=1S/C23H19Cl3N2O3S/c1-3-30-22(29)20-13(2)27-23-28(9-10-32-23)21(20)15-11-14(24)7-8-19(15)31-12-16-17(25)5-4-6-18(16)26/h4-11,21H,3,12H2,1-2H3/t21-/m1/s1. The molecule has 0 amide bonds. The highest BCUT2D eigenvalue weighted by atomic mass is 35.5. The zero-order chi connectivity index (χ0) is 22.8. The number of thioether (sulfide) groups is 1. The van der Waals surface area contributed by atoms with Gasteiger partial charge in [0, 0.05) is 32.4 Å².